The van der Waals surface area contributed by atoms with Crippen LogP contribution in [0.4, 0.5) is 0 Å². The van der Waals surface area contributed by atoms with Gasteiger partial charge in [0.1, 0.15) is 34.2 Å². The average molecular weight is 760 g/mol. The van der Waals surface area contributed by atoms with Crippen molar-refractivity contribution in [3.8, 4) is 0 Å². The SMILES string of the molecule is C/C=C/C=C/C(O)=C1/C(=O)[C@]2(C)C(=O)C(C)(O)[C@H]1[C@H](C(=O)C1=C(O)[C@@]3(C)[C@H]4/C(=C(O)/C=C/C=C/C)C(O)=C(C)C(=O)[C@@]4(C)O[C@@]3(O)[C@@](C)(O)C1=N)[C@H]2/C=C/C. The lowest BCUT2D eigenvalue weighted by atomic mass is 9.42. The number of ether oxygens (including phenoxy) is 1. The Bertz CT molecular complexity index is 2100. The first-order valence-corrected chi connectivity index (χ1v) is 18.0. The third-order valence-corrected chi connectivity index (χ3v) is 12.6. The lowest BCUT2D eigenvalue weighted by molar-refractivity contribution is -0.308. The van der Waals surface area contributed by atoms with Gasteiger partial charge in [-0.2, -0.15) is 0 Å². The summed E-state index contributed by atoms with van der Waals surface area (Å²) in [7, 11) is 0. The van der Waals surface area contributed by atoms with Crippen molar-refractivity contribution < 1.29 is 59.7 Å². The normalized spacial score (nSPS) is 42.6. The van der Waals surface area contributed by atoms with Crippen LogP contribution in [0.3, 0.4) is 0 Å². The minimum absolute atomic E-state index is 0.278. The van der Waals surface area contributed by atoms with Crippen LogP contribution in [-0.2, 0) is 23.9 Å². The molecular formula is C42H49NO12. The quantitative estimate of drug-likeness (QED) is 0.0568. The van der Waals surface area contributed by atoms with Crippen molar-refractivity contribution in [3.63, 3.8) is 0 Å². The van der Waals surface area contributed by atoms with Crippen LogP contribution in [-0.4, -0.2) is 87.2 Å². The maximum Gasteiger partial charge on any atom is 0.215 e. The molecule has 55 heavy (non-hydrogen) atoms. The third kappa shape index (κ3) is 4.95. The van der Waals surface area contributed by atoms with Crippen molar-refractivity contribution in [2.75, 3.05) is 0 Å². The zero-order valence-corrected chi connectivity index (χ0v) is 32.3. The molecule has 1 aliphatic heterocycles. The Labute approximate surface area is 318 Å². The molecule has 0 aromatic carbocycles. The van der Waals surface area contributed by atoms with Crippen LogP contribution in [0.25, 0.3) is 0 Å². The van der Waals surface area contributed by atoms with Gasteiger partial charge in [-0.3, -0.25) is 19.2 Å². The Morgan fingerprint density at radius 1 is 0.800 bits per heavy atom. The molecule has 3 saturated carbocycles. The highest BCUT2D eigenvalue weighted by Gasteiger charge is 2.82. The largest absolute Gasteiger partial charge is 0.511 e. The van der Waals surface area contributed by atoms with Crippen molar-refractivity contribution in [2.45, 2.75) is 84.9 Å². The Morgan fingerprint density at radius 3 is 1.84 bits per heavy atom. The van der Waals surface area contributed by atoms with Crippen LogP contribution in [0.15, 0.2) is 106 Å². The fourth-order valence-electron chi connectivity index (χ4n) is 9.82. The second-order valence-corrected chi connectivity index (χ2v) is 15.8. The van der Waals surface area contributed by atoms with E-state index >= 15 is 4.79 Å². The van der Waals surface area contributed by atoms with Crippen LogP contribution in [0.2, 0.25) is 0 Å². The Morgan fingerprint density at radius 2 is 1.33 bits per heavy atom. The number of Topliss-reactive ketones (excluding diaryl/α,β-unsaturated/α-hetero) is 4. The molecule has 10 atom stereocenters. The molecule has 1 saturated heterocycles. The summed E-state index contributed by atoms with van der Waals surface area (Å²) in [5.74, 6) is -16.4. The zero-order chi connectivity index (χ0) is 41.6. The third-order valence-electron chi connectivity index (χ3n) is 12.6. The lowest BCUT2D eigenvalue weighted by Crippen LogP contribution is -2.73. The number of ketones is 4. The van der Waals surface area contributed by atoms with Crippen molar-refractivity contribution in [3.05, 3.63) is 106 Å². The first-order chi connectivity index (χ1) is 25.4. The minimum atomic E-state index is -3.08. The van der Waals surface area contributed by atoms with Gasteiger partial charge in [0.25, 0.3) is 0 Å². The smallest absolute Gasteiger partial charge is 0.215 e. The van der Waals surface area contributed by atoms with E-state index in [1.54, 1.807) is 45.1 Å². The second kappa shape index (κ2) is 13.1. The number of carbonyl (C=O) groups is 4. The van der Waals surface area contributed by atoms with Crippen LogP contribution in [0, 0.1) is 39.9 Å². The number of carbonyl (C=O) groups excluding carboxylic acids is 4. The van der Waals surface area contributed by atoms with Gasteiger partial charge in [0, 0.05) is 40.4 Å². The summed E-state index contributed by atoms with van der Waals surface area (Å²) in [6.07, 6.45) is 14.5. The van der Waals surface area contributed by atoms with Gasteiger partial charge in [0.2, 0.25) is 5.79 Å². The van der Waals surface area contributed by atoms with Crippen LogP contribution in [0.1, 0.15) is 62.3 Å². The van der Waals surface area contributed by atoms with E-state index in [1.165, 1.54) is 57.2 Å². The number of hydrogen-bond acceptors (Lipinski definition) is 13. The summed E-state index contributed by atoms with van der Waals surface area (Å²) in [4.78, 5) is 57.6. The van der Waals surface area contributed by atoms with E-state index < -0.39 is 120 Å². The monoisotopic (exact) mass is 759 g/mol. The summed E-state index contributed by atoms with van der Waals surface area (Å²) < 4.78 is 6.08. The molecule has 13 nitrogen and oxygen atoms in total. The Kier molecular flexibility index (Phi) is 9.80. The van der Waals surface area contributed by atoms with Gasteiger partial charge >= 0.3 is 0 Å². The molecule has 0 amide bonds. The summed E-state index contributed by atoms with van der Waals surface area (Å²) in [5.41, 5.74) is -15.3. The molecule has 13 heteroatoms. The van der Waals surface area contributed by atoms with Gasteiger partial charge in [0.05, 0.1) is 22.1 Å². The van der Waals surface area contributed by atoms with E-state index in [9.17, 15) is 55.5 Å². The fourth-order valence-corrected chi connectivity index (χ4v) is 9.82. The van der Waals surface area contributed by atoms with Crippen LogP contribution >= 0.6 is 0 Å². The predicted octanol–water partition coefficient (Wildman–Crippen LogP) is 4.90. The van der Waals surface area contributed by atoms with E-state index in [-0.39, 0.29) is 11.1 Å². The molecule has 5 aliphatic carbocycles. The molecular weight excluding hydrogens is 710 g/mol. The fraction of sp³-hybridized carbons (Fsp3) is 0.452. The van der Waals surface area contributed by atoms with E-state index in [2.05, 4.69) is 0 Å². The lowest BCUT2D eigenvalue weighted by Gasteiger charge is -2.58. The number of fused-ring (bicyclic) bond motifs is 6. The number of aliphatic hydroxyl groups excluding tert-OH is 4. The van der Waals surface area contributed by atoms with Gasteiger partial charge in [-0.15, -0.1) is 0 Å². The van der Waals surface area contributed by atoms with Gasteiger partial charge in [-0.05, 0) is 74.5 Å². The second-order valence-electron chi connectivity index (χ2n) is 15.8. The van der Waals surface area contributed by atoms with Crippen molar-refractivity contribution in [2.24, 2.45) is 34.5 Å². The summed E-state index contributed by atoms with van der Waals surface area (Å²) >= 11 is 0. The van der Waals surface area contributed by atoms with E-state index in [1.807, 2.05) is 0 Å². The molecule has 0 aromatic rings. The average Bonchev–Trinajstić information content (AvgIpc) is 3.32. The molecule has 8 N–H and O–H groups in total. The van der Waals surface area contributed by atoms with Crippen molar-refractivity contribution in [1.29, 1.82) is 5.41 Å². The number of nitrogens with one attached hydrogen (secondary N) is 1. The first kappa shape index (κ1) is 41.2. The molecule has 0 spiro atoms. The molecule has 0 aromatic heterocycles. The topological polar surface area (TPSA) is 243 Å². The number of hydrogen-bond donors (Lipinski definition) is 8. The first-order valence-electron chi connectivity index (χ1n) is 18.0. The summed E-state index contributed by atoms with van der Waals surface area (Å²) in [5, 5.41) is 92.6. The van der Waals surface area contributed by atoms with Gasteiger partial charge in [-0.25, -0.2) is 0 Å². The highest BCUT2D eigenvalue weighted by atomic mass is 16.7. The Balaban J connectivity index is 1.89. The molecule has 6 rings (SSSR count). The molecule has 6 aliphatic rings. The maximum absolute atomic E-state index is 15.4. The molecule has 1 heterocycles. The van der Waals surface area contributed by atoms with Crippen molar-refractivity contribution >= 4 is 28.8 Å². The molecule has 0 radical (unpaired) electrons. The zero-order valence-electron chi connectivity index (χ0n) is 32.3. The minimum Gasteiger partial charge on any atom is -0.511 e. The highest BCUT2D eigenvalue weighted by molar-refractivity contribution is 6.29. The number of rotatable bonds is 7. The number of aliphatic hydroxyl groups is 7. The Hall–Kier alpha value is -4.95. The molecule has 294 valence electrons. The maximum atomic E-state index is 15.4. The van der Waals surface area contributed by atoms with Gasteiger partial charge < -0.3 is 45.9 Å². The summed E-state index contributed by atoms with van der Waals surface area (Å²) in [6.45, 7) is 11.9. The van der Waals surface area contributed by atoms with Gasteiger partial charge in [0.15, 0.2) is 28.7 Å². The number of allylic oxidation sites excluding steroid dienone is 11. The van der Waals surface area contributed by atoms with Gasteiger partial charge in [-0.1, -0.05) is 48.6 Å². The van der Waals surface area contributed by atoms with E-state index in [4.69, 9.17) is 4.74 Å². The standard InChI is InChI=1S/C42H49NO12/c1-10-13-15-18-22(44)25-28-24(21(17-12-3)37(5,34(25)49)36(51)39(28,7)52)30(47)27-32(43)41(9,53)42(54)38(6,35(27)50)31-26(23(45)19-16-14-11-2)29(46)20(4)33(48)40(31,8)55-42/h10-19,21,24,28,31,43-46,50,52-54H,1-9H3/b13-10+,14-11+,17-12+,18-15+,19-16+,25-22-,26-23-,43-32?/t21-,24-,28+,31-,37-,38-,39?,40+,41+,42-/m1/s1. The van der Waals surface area contributed by atoms with Crippen LogP contribution < -0.4 is 0 Å². The molecule has 4 fully saturated rings. The summed E-state index contributed by atoms with van der Waals surface area (Å²) in [6, 6.07) is 0. The highest BCUT2D eigenvalue weighted by Crippen LogP contribution is 2.69. The molecule has 1 unspecified atom stereocenters. The predicted molar refractivity (Wildman–Crippen MR) is 201 cm³/mol. The van der Waals surface area contributed by atoms with E-state index in [0.717, 1.165) is 20.8 Å². The van der Waals surface area contributed by atoms with Crippen LogP contribution in [0.5, 0.6) is 0 Å². The van der Waals surface area contributed by atoms with E-state index in [0.29, 0.717) is 0 Å². The van der Waals surface area contributed by atoms with Crippen molar-refractivity contribution in [1.82, 2.24) is 0 Å². The molecule has 2 bridgehead atoms.